The van der Waals surface area contributed by atoms with Crippen LogP contribution in [0.15, 0.2) is 12.4 Å². The predicted octanol–water partition coefficient (Wildman–Crippen LogP) is 3.47. The molecule has 0 spiro atoms. The Balaban J connectivity index is 1.92. The molecule has 0 aliphatic carbocycles. The molecule has 2 rings (SSSR count). The van der Waals surface area contributed by atoms with Gasteiger partial charge in [0.2, 0.25) is 0 Å². The number of likely N-dealkylation sites (tertiary alicyclic amines) is 1. The lowest BCUT2D eigenvalue weighted by Crippen LogP contribution is -2.42. The maximum absolute atomic E-state index is 12.6. The van der Waals surface area contributed by atoms with E-state index < -0.39 is 17.3 Å². The van der Waals surface area contributed by atoms with Gasteiger partial charge in [0, 0.05) is 19.3 Å². The number of aromatic nitrogens is 2. The van der Waals surface area contributed by atoms with Gasteiger partial charge in [0.25, 0.3) is 0 Å². The number of hydrogen-bond donors (Lipinski definition) is 0. The lowest BCUT2D eigenvalue weighted by atomic mass is 10.1. The molecule has 2 heterocycles. The van der Waals surface area contributed by atoms with Crippen molar-refractivity contribution in [3.63, 3.8) is 0 Å². The Morgan fingerprint density at radius 3 is 2.32 bits per heavy atom. The summed E-state index contributed by atoms with van der Waals surface area (Å²) in [4.78, 5) is 13.5. The number of piperidine rings is 1. The van der Waals surface area contributed by atoms with Crippen LogP contribution in [0.4, 0.5) is 18.0 Å². The number of ether oxygens (including phenoxy) is 1. The van der Waals surface area contributed by atoms with E-state index >= 15 is 0 Å². The molecule has 1 fully saturated rings. The smallest absolute Gasteiger partial charge is 0.419 e. The molecule has 1 saturated heterocycles. The van der Waals surface area contributed by atoms with Crippen LogP contribution in [0.25, 0.3) is 0 Å². The molecule has 22 heavy (non-hydrogen) atoms. The minimum absolute atomic E-state index is 0.130. The standard InChI is InChI=1S/C14H20F3N3O2/c1-13(2,3)22-12(21)19-6-4-11(5-7-19)20-9-10(8-18-20)14(15,16)17/h8-9,11H,4-7H2,1-3H3. The number of alkyl halides is 3. The van der Waals surface area contributed by atoms with Crippen molar-refractivity contribution in [1.29, 1.82) is 0 Å². The number of amides is 1. The average molecular weight is 319 g/mol. The summed E-state index contributed by atoms with van der Waals surface area (Å²) in [5, 5.41) is 3.80. The molecule has 1 aliphatic rings. The number of carbonyl (C=O) groups is 1. The van der Waals surface area contributed by atoms with Crippen molar-refractivity contribution in [2.75, 3.05) is 13.1 Å². The monoisotopic (exact) mass is 319 g/mol. The van der Waals surface area contributed by atoms with E-state index in [9.17, 15) is 18.0 Å². The molecule has 0 aromatic carbocycles. The molecule has 0 bridgehead atoms. The molecule has 124 valence electrons. The van der Waals surface area contributed by atoms with Crippen molar-refractivity contribution in [3.8, 4) is 0 Å². The summed E-state index contributed by atoms with van der Waals surface area (Å²) in [6.45, 7) is 6.27. The first kappa shape index (κ1) is 16.6. The van der Waals surface area contributed by atoms with Gasteiger partial charge >= 0.3 is 12.3 Å². The molecule has 1 aromatic heterocycles. The summed E-state index contributed by atoms with van der Waals surface area (Å²) in [5.41, 5.74) is -1.31. The summed E-state index contributed by atoms with van der Waals surface area (Å²) in [6.07, 6.45) is -1.80. The summed E-state index contributed by atoms with van der Waals surface area (Å²) in [5.74, 6) is 0. The van der Waals surface area contributed by atoms with Gasteiger partial charge in [-0.3, -0.25) is 4.68 Å². The summed E-state index contributed by atoms with van der Waals surface area (Å²) in [6, 6.07) is -0.130. The highest BCUT2D eigenvalue weighted by atomic mass is 19.4. The lowest BCUT2D eigenvalue weighted by molar-refractivity contribution is -0.137. The molecular weight excluding hydrogens is 299 g/mol. The Morgan fingerprint density at radius 2 is 1.86 bits per heavy atom. The van der Waals surface area contributed by atoms with E-state index in [1.807, 2.05) is 0 Å². The first-order valence-corrected chi connectivity index (χ1v) is 7.15. The predicted molar refractivity (Wildman–Crippen MR) is 73.3 cm³/mol. The third kappa shape index (κ3) is 4.14. The van der Waals surface area contributed by atoms with Gasteiger partial charge < -0.3 is 9.64 Å². The van der Waals surface area contributed by atoms with Gasteiger partial charge in [-0.25, -0.2) is 4.79 Å². The van der Waals surface area contributed by atoms with Gasteiger partial charge in [0.15, 0.2) is 0 Å². The number of carbonyl (C=O) groups excluding carboxylic acids is 1. The van der Waals surface area contributed by atoms with Crippen LogP contribution in [0, 0.1) is 0 Å². The van der Waals surface area contributed by atoms with Crippen LogP contribution in [0.5, 0.6) is 0 Å². The summed E-state index contributed by atoms with van der Waals surface area (Å²) < 4.78 is 44.3. The Labute approximate surface area is 127 Å². The maximum atomic E-state index is 12.6. The molecule has 0 radical (unpaired) electrons. The quantitative estimate of drug-likeness (QED) is 0.796. The summed E-state index contributed by atoms with van der Waals surface area (Å²) >= 11 is 0. The minimum atomic E-state index is -4.38. The lowest BCUT2D eigenvalue weighted by Gasteiger charge is -2.33. The Hall–Kier alpha value is -1.73. The van der Waals surface area contributed by atoms with Crippen LogP contribution in [-0.2, 0) is 10.9 Å². The van der Waals surface area contributed by atoms with Crippen LogP contribution < -0.4 is 0 Å². The van der Waals surface area contributed by atoms with Crippen molar-refractivity contribution in [3.05, 3.63) is 18.0 Å². The van der Waals surface area contributed by atoms with Gasteiger partial charge in [0.05, 0.1) is 17.8 Å². The van der Waals surface area contributed by atoms with Crippen LogP contribution in [0.3, 0.4) is 0 Å². The second-order valence-corrected chi connectivity index (χ2v) is 6.41. The van der Waals surface area contributed by atoms with E-state index in [0.717, 1.165) is 12.4 Å². The number of nitrogens with zero attached hydrogens (tertiary/aromatic N) is 3. The number of halogens is 3. The molecule has 1 aliphatic heterocycles. The maximum Gasteiger partial charge on any atom is 0.419 e. The van der Waals surface area contributed by atoms with E-state index in [0.29, 0.717) is 25.9 Å². The molecule has 0 saturated carbocycles. The Kier molecular flexibility index (Phi) is 4.39. The van der Waals surface area contributed by atoms with Crippen LogP contribution in [-0.4, -0.2) is 39.5 Å². The van der Waals surface area contributed by atoms with Crippen molar-refractivity contribution < 1.29 is 22.7 Å². The molecular formula is C14H20F3N3O2. The van der Waals surface area contributed by atoms with Crippen molar-refractivity contribution in [2.24, 2.45) is 0 Å². The van der Waals surface area contributed by atoms with Crippen molar-refractivity contribution >= 4 is 6.09 Å². The Morgan fingerprint density at radius 1 is 1.27 bits per heavy atom. The van der Waals surface area contributed by atoms with Gasteiger partial charge in [0.1, 0.15) is 5.60 Å². The second kappa shape index (κ2) is 5.81. The number of rotatable bonds is 1. The van der Waals surface area contributed by atoms with Gasteiger partial charge in [-0.2, -0.15) is 18.3 Å². The van der Waals surface area contributed by atoms with E-state index in [1.165, 1.54) is 4.68 Å². The Bertz CT molecular complexity index is 526. The van der Waals surface area contributed by atoms with Crippen molar-refractivity contribution in [1.82, 2.24) is 14.7 Å². The third-order valence-electron chi connectivity index (χ3n) is 3.42. The minimum Gasteiger partial charge on any atom is -0.444 e. The van der Waals surface area contributed by atoms with E-state index in [1.54, 1.807) is 25.7 Å². The topological polar surface area (TPSA) is 47.4 Å². The first-order valence-electron chi connectivity index (χ1n) is 7.15. The summed E-state index contributed by atoms with van der Waals surface area (Å²) in [7, 11) is 0. The zero-order valence-corrected chi connectivity index (χ0v) is 12.9. The first-order chi connectivity index (χ1) is 10.1. The molecule has 5 nitrogen and oxygen atoms in total. The molecule has 1 aromatic rings. The highest BCUT2D eigenvalue weighted by Crippen LogP contribution is 2.30. The van der Waals surface area contributed by atoms with Crippen LogP contribution in [0.2, 0.25) is 0 Å². The molecule has 8 heteroatoms. The van der Waals surface area contributed by atoms with E-state index in [-0.39, 0.29) is 12.1 Å². The van der Waals surface area contributed by atoms with E-state index in [2.05, 4.69) is 5.10 Å². The fourth-order valence-electron chi connectivity index (χ4n) is 2.32. The third-order valence-corrected chi connectivity index (χ3v) is 3.42. The molecule has 0 N–H and O–H groups in total. The van der Waals surface area contributed by atoms with Crippen LogP contribution >= 0.6 is 0 Å². The van der Waals surface area contributed by atoms with Crippen molar-refractivity contribution in [2.45, 2.75) is 51.4 Å². The molecule has 1 amide bonds. The SMILES string of the molecule is CC(C)(C)OC(=O)N1CCC(n2cc(C(F)(F)F)cn2)CC1. The highest BCUT2D eigenvalue weighted by molar-refractivity contribution is 5.68. The fraction of sp³-hybridized carbons (Fsp3) is 0.714. The molecule has 0 atom stereocenters. The fourth-order valence-corrected chi connectivity index (χ4v) is 2.32. The van der Waals surface area contributed by atoms with Gasteiger partial charge in [-0.15, -0.1) is 0 Å². The van der Waals surface area contributed by atoms with Gasteiger partial charge in [-0.1, -0.05) is 0 Å². The number of hydrogen-bond acceptors (Lipinski definition) is 3. The zero-order chi connectivity index (χ0) is 16.5. The average Bonchev–Trinajstić information content (AvgIpc) is 2.86. The molecule has 0 unspecified atom stereocenters. The highest BCUT2D eigenvalue weighted by Gasteiger charge is 2.34. The largest absolute Gasteiger partial charge is 0.444 e. The van der Waals surface area contributed by atoms with Crippen LogP contribution in [0.1, 0.15) is 45.2 Å². The zero-order valence-electron chi connectivity index (χ0n) is 12.9. The van der Waals surface area contributed by atoms with Gasteiger partial charge in [-0.05, 0) is 33.6 Å². The van der Waals surface area contributed by atoms with E-state index in [4.69, 9.17) is 4.74 Å². The normalized spacial score (nSPS) is 17.6. The second-order valence-electron chi connectivity index (χ2n) is 6.41.